The first-order chi connectivity index (χ1) is 14.6. The number of halogens is 1. The second-order valence-corrected chi connectivity index (χ2v) is 5.32. The fourth-order valence-corrected chi connectivity index (χ4v) is 2.23. The predicted octanol–water partition coefficient (Wildman–Crippen LogP) is 8.47. The van der Waals surface area contributed by atoms with Gasteiger partial charge in [-0.3, -0.25) is 4.39 Å². The van der Waals surface area contributed by atoms with E-state index in [1.54, 1.807) is 12.2 Å². The molecule has 3 nitrogen and oxygen atoms in total. The molecule has 0 aliphatic heterocycles. The molecule has 1 aromatic rings. The molecule has 1 rings (SSSR count). The number of hydrogen-bond donors (Lipinski definition) is 2. The first-order valence-electron chi connectivity index (χ1n) is 10.9. The SMILES string of the molecule is C=C/C(=C\C=C/C)NC(=O)Nc1cccc(/C=C\C)c1CCC.CC.CC.CCF. The van der Waals surface area contributed by atoms with E-state index < -0.39 is 0 Å². The number of benzene rings is 1. The number of anilines is 1. The minimum atomic E-state index is -0.268. The molecule has 170 valence electrons. The number of nitrogens with one attached hydrogen (secondary N) is 2. The molecule has 0 aliphatic rings. The van der Waals surface area contributed by atoms with Crippen molar-refractivity contribution < 1.29 is 9.18 Å². The highest BCUT2D eigenvalue weighted by Crippen LogP contribution is 2.23. The summed E-state index contributed by atoms with van der Waals surface area (Å²) >= 11 is 0. The second-order valence-electron chi connectivity index (χ2n) is 5.32. The summed E-state index contributed by atoms with van der Waals surface area (Å²) < 4.78 is 10.3. The molecule has 0 fully saturated rings. The van der Waals surface area contributed by atoms with Crippen molar-refractivity contribution >= 4 is 17.8 Å². The number of urea groups is 1. The fourth-order valence-electron chi connectivity index (χ4n) is 2.23. The van der Waals surface area contributed by atoms with Gasteiger partial charge < -0.3 is 10.6 Å². The van der Waals surface area contributed by atoms with Crippen LogP contribution < -0.4 is 10.6 Å². The zero-order valence-corrected chi connectivity index (χ0v) is 20.3. The summed E-state index contributed by atoms with van der Waals surface area (Å²) in [5, 5.41) is 5.73. The van der Waals surface area contributed by atoms with E-state index in [0.717, 1.165) is 29.7 Å². The van der Waals surface area contributed by atoms with Crippen molar-refractivity contribution in [1.82, 2.24) is 5.32 Å². The average Bonchev–Trinajstić information content (AvgIpc) is 2.77. The van der Waals surface area contributed by atoms with Crippen LogP contribution >= 0.6 is 0 Å². The maximum absolute atomic E-state index is 12.2. The van der Waals surface area contributed by atoms with Gasteiger partial charge in [-0.1, -0.05) is 84.1 Å². The van der Waals surface area contributed by atoms with Crippen molar-refractivity contribution in [1.29, 1.82) is 0 Å². The Hall–Kier alpha value is -2.62. The average molecular weight is 419 g/mol. The molecule has 0 spiro atoms. The van der Waals surface area contributed by atoms with E-state index in [1.807, 2.05) is 71.9 Å². The summed E-state index contributed by atoms with van der Waals surface area (Å²) in [5.74, 6) is 0. The van der Waals surface area contributed by atoms with Crippen molar-refractivity contribution in [2.75, 3.05) is 12.0 Å². The molecule has 0 saturated carbocycles. The van der Waals surface area contributed by atoms with E-state index in [1.165, 1.54) is 6.92 Å². The molecule has 0 heterocycles. The number of amides is 2. The Morgan fingerprint density at radius 1 is 1.10 bits per heavy atom. The lowest BCUT2D eigenvalue weighted by molar-refractivity contribution is 0.254. The molecular formula is C26H43FN2O. The maximum Gasteiger partial charge on any atom is 0.323 e. The van der Waals surface area contributed by atoms with Gasteiger partial charge in [0.05, 0.1) is 6.67 Å². The van der Waals surface area contributed by atoms with Gasteiger partial charge in [0.2, 0.25) is 0 Å². The molecule has 0 unspecified atom stereocenters. The summed E-state index contributed by atoms with van der Waals surface area (Å²) in [6.45, 7) is 19.0. The smallest absolute Gasteiger partial charge is 0.308 e. The van der Waals surface area contributed by atoms with Crippen LogP contribution in [0.25, 0.3) is 6.08 Å². The predicted molar refractivity (Wildman–Crippen MR) is 135 cm³/mol. The maximum atomic E-state index is 12.2. The van der Waals surface area contributed by atoms with E-state index in [9.17, 15) is 9.18 Å². The third-order valence-electron chi connectivity index (χ3n) is 3.25. The van der Waals surface area contributed by atoms with Gasteiger partial charge >= 0.3 is 6.03 Å². The standard InChI is InChI=1S/C20H26N2O.C2H5F.2C2H6/c1-5-9-14-17(8-4)21-20(23)22-19-15-10-13-16(11-6-2)18(19)12-7-3;1-2-3;2*1-2/h5-6,8-11,13-15H,4,7,12H2,1-3H3,(H2,21,22,23);2H2,1H3;2*1-2H3/b9-5-,11-6-,17-14+;;;. The molecule has 4 heteroatoms. The van der Waals surface area contributed by atoms with Gasteiger partial charge in [0.25, 0.3) is 0 Å². The molecule has 0 bridgehead atoms. The monoisotopic (exact) mass is 418 g/mol. The molecule has 2 N–H and O–H groups in total. The van der Waals surface area contributed by atoms with E-state index >= 15 is 0 Å². The number of hydrogen-bond acceptors (Lipinski definition) is 1. The van der Waals surface area contributed by atoms with Crippen molar-refractivity contribution in [3.63, 3.8) is 0 Å². The summed E-state index contributed by atoms with van der Waals surface area (Å²) in [6.07, 6.45) is 13.2. The molecule has 0 aromatic heterocycles. The van der Waals surface area contributed by atoms with Crippen LogP contribution in [0.3, 0.4) is 0 Å². The molecular weight excluding hydrogens is 375 g/mol. The Morgan fingerprint density at radius 3 is 2.17 bits per heavy atom. The highest BCUT2D eigenvalue weighted by molar-refractivity contribution is 5.92. The summed E-state index contributed by atoms with van der Waals surface area (Å²) in [6, 6.07) is 5.68. The van der Waals surface area contributed by atoms with Crippen LogP contribution in [0.4, 0.5) is 14.9 Å². The zero-order chi connectivity index (χ0) is 23.8. The van der Waals surface area contributed by atoms with Gasteiger partial charge in [-0.05, 0) is 56.5 Å². The molecule has 0 atom stereocenters. The molecule has 30 heavy (non-hydrogen) atoms. The van der Waals surface area contributed by atoms with Gasteiger partial charge in [-0.25, -0.2) is 4.79 Å². The normalized spacial score (nSPS) is 10.1. The largest absolute Gasteiger partial charge is 0.323 e. The lowest BCUT2D eigenvalue weighted by atomic mass is 10.0. The number of rotatable bonds is 7. The van der Waals surface area contributed by atoms with Crippen molar-refractivity contribution in [2.45, 2.75) is 68.2 Å². The van der Waals surface area contributed by atoms with E-state index in [4.69, 9.17) is 0 Å². The highest BCUT2D eigenvalue weighted by Gasteiger charge is 2.09. The summed E-state index contributed by atoms with van der Waals surface area (Å²) in [5.41, 5.74) is 3.79. The van der Waals surface area contributed by atoms with Crippen molar-refractivity contribution in [3.05, 3.63) is 72.0 Å². The first kappa shape index (κ1) is 32.1. The Morgan fingerprint density at radius 2 is 1.70 bits per heavy atom. The number of alkyl halides is 1. The topological polar surface area (TPSA) is 41.1 Å². The van der Waals surface area contributed by atoms with Gasteiger partial charge in [0.15, 0.2) is 0 Å². The number of carbonyl (C=O) groups is 1. The summed E-state index contributed by atoms with van der Waals surface area (Å²) in [7, 11) is 0. The first-order valence-corrected chi connectivity index (χ1v) is 10.9. The van der Waals surface area contributed by atoms with Crippen molar-refractivity contribution in [3.8, 4) is 0 Å². The van der Waals surface area contributed by atoms with E-state index in [-0.39, 0.29) is 12.7 Å². The second kappa shape index (κ2) is 24.4. The summed E-state index contributed by atoms with van der Waals surface area (Å²) in [4.78, 5) is 12.2. The zero-order valence-electron chi connectivity index (χ0n) is 20.3. The molecule has 1 aromatic carbocycles. The lowest BCUT2D eigenvalue weighted by Gasteiger charge is -2.14. The number of allylic oxidation sites excluding steroid dienone is 5. The molecule has 0 radical (unpaired) electrons. The van der Waals surface area contributed by atoms with Crippen LogP contribution in [-0.4, -0.2) is 12.7 Å². The van der Waals surface area contributed by atoms with E-state index in [2.05, 4.69) is 36.3 Å². The Kier molecular flexibility index (Phi) is 26.1. The quantitative estimate of drug-likeness (QED) is 0.428. The highest BCUT2D eigenvalue weighted by atomic mass is 19.1. The Bertz CT molecular complexity index is 646. The minimum Gasteiger partial charge on any atom is -0.308 e. The van der Waals surface area contributed by atoms with Crippen LogP contribution in [0.1, 0.15) is 72.9 Å². The third kappa shape index (κ3) is 15.3. The van der Waals surface area contributed by atoms with Crippen LogP contribution in [0.15, 0.2) is 60.9 Å². The third-order valence-corrected chi connectivity index (χ3v) is 3.25. The van der Waals surface area contributed by atoms with Crippen LogP contribution in [0.2, 0.25) is 0 Å². The van der Waals surface area contributed by atoms with Crippen LogP contribution in [-0.2, 0) is 6.42 Å². The number of carbonyl (C=O) groups excluding carboxylic acids is 1. The van der Waals surface area contributed by atoms with Gasteiger partial charge in [-0.15, -0.1) is 0 Å². The molecule has 0 saturated heterocycles. The Labute approximate surface area is 184 Å². The lowest BCUT2D eigenvalue weighted by Crippen LogP contribution is -2.28. The van der Waals surface area contributed by atoms with Crippen LogP contribution in [0, 0.1) is 0 Å². The Balaban J connectivity index is -0.000000926. The molecule has 0 aliphatic carbocycles. The van der Waals surface area contributed by atoms with Gasteiger partial charge in [0, 0.05) is 11.4 Å². The van der Waals surface area contributed by atoms with Gasteiger partial charge in [0.1, 0.15) is 0 Å². The fraction of sp³-hybridized carbons (Fsp3) is 0.423. The van der Waals surface area contributed by atoms with Crippen molar-refractivity contribution in [2.24, 2.45) is 0 Å². The van der Waals surface area contributed by atoms with Crippen LogP contribution in [0.5, 0.6) is 0 Å². The minimum absolute atomic E-state index is 0.250. The molecule has 2 amide bonds. The van der Waals surface area contributed by atoms with Gasteiger partial charge in [-0.2, -0.15) is 0 Å². The van der Waals surface area contributed by atoms with E-state index in [0.29, 0.717) is 5.70 Å².